The predicted octanol–water partition coefficient (Wildman–Crippen LogP) is 4.68. The monoisotopic (exact) mass is 390 g/mol. The third kappa shape index (κ3) is 3.71. The number of ether oxygens (including phenoxy) is 2. The van der Waals surface area contributed by atoms with Crippen LogP contribution in [0.3, 0.4) is 0 Å². The van der Waals surface area contributed by atoms with Gasteiger partial charge in [0.15, 0.2) is 23.3 Å². The first-order valence-corrected chi connectivity index (χ1v) is 7.80. The van der Waals surface area contributed by atoms with Crippen molar-refractivity contribution in [1.82, 2.24) is 0 Å². The molecule has 4 nitrogen and oxygen atoms in total. The molecule has 0 spiro atoms. The first kappa shape index (κ1) is 19.1. The van der Waals surface area contributed by atoms with Gasteiger partial charge in [-0.3, -0.25) is 0 Å². The molecule has 0 atom stereocenters. The van der Waals surface area contributed by atoms with E-state index in [2.05, 4.69) is 0 Å². The van der Waals surface area contributed by atoms with Crippen molar-refractivity contribution in [2.24, 2.45) is 0 Å². The highest BCUT2D eigenvalue weighted by Gasteiger charge is 2.35. The number of hydrogen-bond donors (Lipinski definition) is 0. The van der Waals surface area contributed by atoms with Gasteiger partial charge in [0.25, 0.3) is 0 Å². The summed E-state index contributed by atoms with van der Waals surface area (Å²) in [6.45, 7) is 0. The quantitative estimate of drug-likeness (QED) is 0.213. The van der Waals surface area contributed by atoms with Gasteiger partial charge in [0, 0.05) is 0 Å². The molecule has 0 bridgehead atoms. The van der Waals surface area contributed by atoms with Crippen LogP contribution in [0.5, 0.6) is 11.5 Å². The molecule has 0 radical (unpaired) electrons. The highest BCUT2D eigenvalue weighted by Crippen LogP contribution is 2.27. The van der Waals surface area contributed by atoms with Gasteiger partial charge in [-0.2, -0.15) is 0 Å². The minimum absolute atomic E-state index is 0.0839. The van der Waals surface area contributed by atoms with Crippen LogP contribution in [0, 0.1) is 23.3 Å². The lowest BCUT2D eigenvalue weighted by Crippen LogP contribution is -2.23. The summed E-state index contributed by atoms with van der Waals surface area (Å²) >= 11 is 0. The normalized spacial score (nSPS) is 10.4. The van der Waals surface area contributed by atoms with E-state index in [0.717, 1.165) is 0 Å². The van der Waals surface area contributed by atoms with Crippen molar-refractivity contribution in [2.45, 2.75) is 0 Å². The van der Waals surface area contributed by atoms with Gasteiger partial charge in [0.1, 0.15) is 22.6 Å². The summed E-state index contributed by atoms with van der Waals surface area (Å²) in [7, 11) is 0. The number of halogens is 4. The summed E-state index contributed by atoms with van der Waals surface area (Å²) < 4.78 is 65.5. The van der Waals surface area contributed by atoms with Gasteiger partial charge in [-0.25, -0.2) is 27.2 Å². The van der Waals surface area contributed by atoms with Crippen LogP contribution in [0.25, 0.3) is 0 Å². The second kappa shape index (κ2) is 7.91. The first-order chi connectivity index (χ1) is 13.4. The van der Waals surface area contributed by atoms with Crippen molar-refractivity contribution in [2.75, 3.05) is 0 Å². The molecule has 0 aromatic heterocycles. The molecule has 0 aliphatic carbocycles. The van der Waals surface area contributed by atoms with E-state index in [-0.39, 0.29) is 11.5 Å². The molecule has 3 aromatic carbocycles. The second-order valence-corrected chi connectivity index (χ2v) is 5.41. The number of rotatable bonds is 4. The van der Waals surface area contributed by atoms with Crippen molar-refractivity contribution in [3.63, 3.8) is 0 Å². The van der Waals surface area contributed by atoms with Gasteiger partial charge in [0.05, 0.1) is 0 Å². The molecular weight excluding hydrogens is 380 g/mol. The van der Waals surface area contributed by atoms with E-state index < -0.39 is 46.3 Å². The molecule has 28 heavy (non-hydrogen) atoms. The third-order valence-electron chi connectivity index (χ3n) is 3.58. The molecule has 0 amide bonds. The Morgan fingerprint density at radius 1 is 0.536 bits per heavy atom. The number of carbonyl (C=O) groups excluding carboxylic acids is 2. The van der Waals surface area contributed by atoms with Crippen LogP contribution in [-0.2, 0) is 0 Å². The van der Waals surface area contributed by atoms with Gasteiger partial charge < -0.3 is 9.47 Å². The molecule has 142 valence electrons. The number of para-hydroxylation sites is 2. The Labute approximate surface area is 155 Å². The fraction of sp³-hybridized carbons (Fsp3) is 0. The van der Waals surface area contributed by atoms with Crippen LogP contribution in [0.2, 0.25) is 0 Å². The Bertz CT molecular complexity index is 953. The Morgan fingerprint density at radius 3 is 1.18 bits per heavy atom. The maximum Gasteiger partial charge on any atom is 0.347 e. The van der Waals surface area contributed by atoms with E-state index in [0.29, 0.717) is 0 Å². The Balaban J connectivity index is 2.07. The summed E-state index contributed by atoms with van der Waals surface area (Å²) in [6, 6.07) is 14.4. The first-order valence-electron chi connectivity index (χ1n) is 7.80. The topological polar surface area (TPSA) is 52.6 Å². The molecule has 0 N–H and O–H groups in total. The van der Waals surface area contributed by atoms with E-state index in [1.807, 2.05) is 0 Å². The summed E-state index contributed by atoms with van der Waals surface area (Å²) in [5.74, 6) is -12.0. The molecule has 0 saturated heterocycles. The zero-order chi connectivity index (χ0) is 20.3. The Hall–Kier alpha value is -3.68. The van der Waals surface area contributed by atoms with E-state index >= 15 is 0 Å². The molecular formula is C20H10F4O4. The minimum atomic E-state index is -2.26. The Morgan fingerprint density at radius 2 is 0.857 bits per heavy atom. The zero-order valence-electron chi connectivity index (χ0n) is 13.9. The molecule has 0 aliphatic rings. The summed E-state index contributed by atoms with van der Waals surface area (Å²) in [5, 5.41) is 0. The van der Waals surface area contributed by atoms with E-state index in [9.17, 15) is 27.2 Å². The fourth-order valence-corrected chi connectivity index (χ4v) is 2.31. The van der Waals surface area contributed by atoms with Gasteiger partial charge in [0.2, 0.25) is 0 Å². The summed E-state index contributed by atoms with van der Waals surface area (Å²) in [6.07, 6.45) is 0. The lowest BCUT2D eigenvalue weighted by molar-refractivity contribution is 0.0680. The lowest BCUT2D eigenvalue weighted by Gasteiger charge is -2.12. The van der Waals surface area contributed by atoms with Gasteiger partial charge in [-0.05, 0) is 24.3 Å². The van der Waals surface area contributed by atoms with Crippen molar-refractivity contribution in [3.8, 4) is 11.5 Å². The highest BCUT2D eigenvalue weighted by molar-refractivity contribution is 6.04. The minimum Gasteiger partial charge on any atom is -0.423 e. The standard InChI is InChI=1S/C20H10F4O4/c21-15-13(19(25)27-11-7-3-1-4-8-11)14(16(22)18(24)17(15)23)20(26)28-12-9-5-2-6-10-12/h1-10H. The molecule has 0 fully saturated rings. The van der Waals surface area contributed by atoms with Crippen molar-refractivity contribution >= 4 is 11.9 Å². The number of esters is 2. The van der Waals surface area contributed by atoms with Crippen molar-refractivity contribution < 1.29 is 36.6 Å². The van der Waals surface area contributed by atoms with Crippen LogP contribution in [0.15, 0.2) is 60.7 Å². The lowest BCUT2D eigenvalue weighted by atomic mass is 10.0. The average molecular weight is 390 g/mol. The third-order valence-corrected chi connectivity index (χ3v) is 3.58. The van der Waals surface area contributed by atoms with E-state index in [1.54, 1.807) is 12.1 Å². The molecule has 0 aliphatic heterocycles. The van der Waals surface area contributed by atoms with Crippen molar-refractivity contribution in [3.05, 3.63) is 95.1 Å². The number of hydrogen-bond acceptors (Lipinski definition) is 4. The summed E-state index contributed by atoms with van der Waals surface area (Å²) in [5.41, 5.74) is -2.83. The zero-order valence-corrected chi connectivity index (χ0v) is 13.9. The molecule has 3 aromatic rings. The smallest absolute Gasteiger partial charge is 0.347 e. The van der Waals surface area contributed by atoms with Crippen LogP contribution in [-0.4, -0.2) is 11.9 Å². The van der Waals surface area contributed by atoms with Crippen LogP contribution < -0.4 is 9.47 Å². The predicted molar refractivity (Wildman–Crippen MR) is 89.1 cm³/mol. The van der Waals surface area contributed by atoms with E-state index in [4.69, 9.17) is 9.47 Å². The number of benzene rings is 3. The fourth-order valence-electron chi connectivity index (χ4n) is 2.31. The van der Waals surface area contributed by atoms with Gasteiger partial charge in [-0.1, -0.05) is 36.4 Å². The maximum absolute atomic E-state index is 14.3. The average Bonchev–Trinajstić information content (AvgIpc) is 2.70. The molecule has 8 heteroatoms. The summed E-state index contributed by atoms with van der Waals surface area (Å²) in [4.78, 5) is 24.6. The molecule has 0 heterocycles. The van der Waals surface area contributed by atoms with Crippen LogP contribution in [0.4, 0.5) is 17.6 Å². The van der Waals surface area contributed by atoms with Gasteiger partial charge in [-0.15, -0.1) is 0 Å². The molecule has 0 unspecified atom stereocenters. The van der Waals surface area contributed by atoms with Crippen LogP contribution in [0.1, 0.15) is 20.7 Å². The van der Waals surface area contributed by atoms with Gasteiger partial charge >= 0.3 is 11.9 Å². The van der Waals surface area contributed by atoms with E-state index in [1.165, 1.54) is 48.5 Å². The Kier molecular flexibility index (Phi) is 5.39. The SMILES string of the molecule is O=C(Oc1ccccc1)c1c(F)c(F)c(F)c(F)c1C(=O)Oc1ccccc1. The molecule has 0 saturated carbocycles. The molecule has 3 rings (SSSR count). The largest absolute Gasteiger partial charge is 0.423 e. The van der Waals surface area contributed by atoms with Crippen molar-refractivity contribution in [1.29, 1.82) is 0 Å². The maximum atomic E-state index is 14.3. The highest BCUT2D eigenvalue weighted by atomic mass is 19.2. The second-order valence-electron chi connectivity index (χ2n) is 5.41. The van der Waals surface area contributed by atoms with Crippen LogP contribution >= 0.6 is 0 Å². The number of carbonyl (C=O) groups is 2.